The van der Waals surface area contributed by atoms with Crippen LogP contribution in [0.15, 0.2) is 18.2 Å². The third-order valence-electron chi connectivity index (χ3n) is 2.26. The first kappa shape index (κ1) is 12.5. The van der Waals surface area contributed by atoms with E-state index in [9.17, 15) is 4.79 Å². The molecule has 0 amide bonds. The molecule has 0 radical (unpaired) electrons. The standard InChI is InChI=1S/C12H18N2O2/c1-3-6-14-8-11(15)9-4-5-12(16-2)10(13)7-9/h4-5,7,14H,3,6,8,13H2,1-2H3. The summed E-state index contributed by atoms with van der Waals surface area (Å²) in [6.45, 7) is 3.25. The van der Waals surface area contributed by atoms with Crippen molar-refractivity contribution in [2.75, 3.05) is 25.9 Å². The van der Waals surface area contributed by atoms with E-state index in [0.29, 0.717) is 23.5 Å². The Balaban J connectivity index is 2.66. The van der Waals surface area contributed by atoms with Crippen LogP contribution in [-0.2, 0) is 0 Å². The molecule has 0 fully saturated rings. The molecule has 16 heavy (non-hydrogen) atoms. The third kappa shape index (κ3) is 3.24. The third-order valence-corrected chi connectivity index (χ3v) is 2.26. The Kier molecular flexibility index (Phi) is 4.79. The molecule has 4 nitrogen and oxygen atoms in total. The fourth-order valence-electron chi connectivity index (χ4n) is 1.39. The van der Waals surface area contributed by atoms with Gasteiger partial charge in [-0.2, -0.15) is 0 Å². The highest BCUT2D eigenvalue weighted by Gasteiger charge is 2.07. The first-order chi connectivity index (χ1) is 7.69. The molecule has 0 unspecified atom stereocenters. The van der Waals surface area contributed by atoms with Crippen LogP contribution in [-0.4, -0.2) is 26.0 Å². The fourth-order valence-corrected chi connectivity index (χ4v) is 1.39. The summed E-state index contributed by atoms with van der Waals surface area (Å²) in [5, 5.41) is 3.06. The van der Waals surface area contributed by atoms with Crippen molar-refractivity contribution < 1.29 is 9.53 Å². The van der Waals surface area contributed by atoms with Crippen LogP contribution < -0.4 is 15.8 Å². The Morgan fingerprint density at radius 3 is 2.81 bits per heavy atom. The first-order valence-corrected chi connectivity index (χ1v) is 5.36. The molecular weight excluding hydrogens is 204 g/mol. The molecule has 0 bridgehead atoms. The molecule has 0 heterocycles. The number of Topliss-reactive ketones (excluding diaryl/α,β-unsaturated/α-hetero) is 1. The zero-order valence-electron chi connectivity index (χ0n) is 9.75. The predicted octanol–water partition coefficient (Wildman–Crippen LogP) is 1.46. The SMILES string of the molecule is CCCNCC(=O)c1ccc(OC)c(N)c1. The number of ketones is 1. The lowest BCUT2D eigenvalue weighted by Crippen LogP contribution is -2.23. The van der Waals surface area contributed by atoms with Crippen molar-refractivity contribution in [3.05, 3.63) is 23.8 Å². The van der Waals surface area contributed by atoms with Gasteiger partial charge in [-0.3, -0.25) is 4.79 Å². The highest BCUT2D eigenvalue weighted by atomic mass is 16.5. The molecule has 4 heteroatoms. The van der Waals surface area contributed by atoms with Crippen LogP contribution in [0.1, 0.15) is 23.7 Å². The van der Waals surface area contributed by atoms with Gasteiger partial charge in [0, 0.05) is 5.56 Å². The number of ether oxygens (including phenoxy) is 1. The summed E-state index contributed by atoms with van der Waals surface area (Å²) >= 11 is 0. The van der Waals surface area contributed by atoms with E-state index in [1.807, 2.05) is 0 Å². The van der Waals surface area contributed by atoms with Crippen molar-refractivity contribution in [1.29, 1.82) is 0 Å². The second-order valence-corrected chi connectivity index (χ2v) is 3.56. The topological polar surface area (TPSA) is 64.3 Å². The van der Waals surface area contributed by atoms with Crippen LogP contribution in [0.3, 0.4) is 0 Å². The maximum atomic E-state index is 11.7. The Bertz CT molecular complexity index is 364. The van der Waals surface area contributed by atoms with Crippen LogP contribution in [0.5, 0.6) is 5.75 Å². The second-order valence-electron chi connectivity index (χ2n) is 3.56. The Morgan fingerprint density at radius 2 is 2.25 bits per heavy atom. The summed E-state index contributed by atoms with van der Waals surface area (Å²) in [5.41, 5.74) is 6.83. The van der Waals surface area contributed by atoms with E-state index < -0.39 is 0 Å². The average Bonchev–Trinajstić information content (AvgIpc) is 2.29. The fraction of sp³-hybridized carbons (Fsp3) is 0.417. The lowest BCUT2D eigenvalue weighted by Gasteiger charge is -2.07. The number of hydrogen-bond acceptors (Lipinski definition) is 4. The largest absolute Gasteiger partial charge is 0.495 e. The minimum absolute atomic E-state index is 0.0443. The number of nitrogens with one attached hydrogen (secondary N) is 1. The van der Waals surface area contributed by atoms with Gasteiger partial charge < -0.3 is 15.8 Å². The lowest BCUT2D eigenvalue weighted by atomic mass is 10.1. The van der Waals surface area contributed by atoms with Gasteiger partial charge in [0.05, 0.1) is 19.3 Å². The molecule has 1 aromatic carbocycles. The summed E-state index contributed by atoms with van der Waals surface area (Å²) < 4.78 is 5.03. The first-order valence-electron chi connectivity index (χ1n) is 5.36. The van der Waals surface area contributed by atoms with Crippen molar-refractivity contribution >= 4 is 11.5 Å². The molecule has 0 saturated carbocycles. The summed E-state index contributed by atoms with van der Waals surface area (Å²) in [7, 11) is 1.55. The minimum atomic E-state index is 0.0443. The van der Waals surface area contributed by atoms with E-state index in [1.165, 1.54) is 0 Å². The number of carbonyl (C=O) groups is 1. The van der Waals surface area contributed by atoms with E-state index in [2.05, 4.69) is 12.2 Å². The number of benzene rings is 1. The zero-order valence-corrected chi connectivity index (χ0v) is 9.75. The maximum Gasteiger partial charge on any atom is 0.176 e. The number of nitrogens with two attached hydrogens (primary N) is 1. The number of rotatable bonds is 6. The number of anilines is 1. The number of carbonyl (C=O) groups excluding carboxylic acids is 1. The maximum absolute atomic E-state index is 11.7. The summed E-state index contributed by atoms with van der Waals surface area (Å²) in [6, 6.07) is 5.09. The molecule has 1 aromatic rings. The molecule has 1 rings (SSSR count). The van der Waals surface area contributed by atoms with Crippen molar-refractivity contribution in [1.82, 2.24) is 5.32 Å². The van der Waals surface area contributed by atoms with Gasteiger partial charge in [-0.15, -0.1) is 0 Å². The van der Waals surface area contributed by atoms with Gasteiger partial charge in [0.1, 0.15) is 5.75 Å². The minimum Gasteiger partial charge on any atom is -0.495 e. The molecule has 0 aliphatic heterocycles. The second kappa shape index (κ2) is 6.12. The van der Waals surface area contributed by atoms with Crippen LogP contribution >= 0.6 is 0 Å². The molecule has 0 aliphatic rings. The molecule has 0 aromatic heterocycles. The molecule has 0 aliphatic carbocycles. The van der Waals surface area contributed by atoms with Crippen molar-refractivity contribution in [2.45, 2.75) is 13.3 Å². The smallest absolute Gasteiger partial charge is 0.176 e. The van der Waals surface area contributed by atoms with Gasteiger partial charge in [-0.25, -0.2) is 0 Å². The van der Waals surface area contributed by atoms with Crippen LogP contribution in [0, 0.1) is 0 Å². The van der Waals surface area contributed by atoms with E-state index in [4.69, 9.17) is 10.5 Å². The summed E-state index contributed by atoms with van der Waals surface area (Å²) in [4.78, 5) is 11.7. The van der Waals surface area contributed by atoms with E-state index in [0.717, 1.165) is 13.0 Å². The van der Waals surface area contributed by atoms with E-state index >= 15 is 0 Å². The molecule has 0 saturated heterocycles. The average molecular weight is 222 g/mol. The van der Waals surface area contributed by atoms with Gasteiger partial charge in [0.2, 0.25) is 0 Å². The van der Waals surface area contributed by atoms with Crippen molar-refractivity contribution in [2.24, 2.45) is 0 Å². The molecule has 0 atom stereocenters. The Hall–Kier alpha value is -1.55. The number of nitrogen functional groups attached to an aromatic ring is 1. The summed E-state index contributed by atoms with van der Waals surface area (Å²) in [5.74, 6) is 0.640. The van der Waals surface area contributed by atoms with Crippen molar-refractivity contribution in [3.63, 3.8) is 0 Å². The van der Waals surface area contributed by atoms with Crippen LogP contribution in [0.2, 0.25) is 0 Å². The summed E-state index contributed by atoms with van der Waals surface area (Å²) in [6.07, 6.45) is 1.01. The van der Waals surface area contributed by atoms with Gasteiger partial charge in [-0.05, 0) is 31.2 Å². The van der Waals surface area contributed by atoms with Crippen molar-refractivity contribution in [3.8, 4) is 5.75 Å². The monoisotopic (exact) mass is 222 g/mol. The van der Waals surface area contributed by atoms with Gasteiger partial charge in [-0.1, -0.05) is 6.92 Å². The highest BCUT2D eigenvalue weighted by Crippen LogP contribution is 2.21. The number of hydrogen-bond donors (Lipinski definition) is 2. The molecule has 0 spiro atoms. The zero-order chi connectivity index (χ0) is 12.0. The van der Waals surface area contributed by atoms with Gasteiger partial charge >= 0.3 is 0 Å². The van der Waals surface area contributed by atoms with Crippen LogP contribution in [0.25, 0.3) is 0 Å². The van der Waals surface area contributed by atoms with E-state index in [1.54, 1.807) is 25.3 Å². The Morgan fingerprint density at radius 1 is 1.50 bits per heavy atom. The molecule has 88 valence electrons. The highest BCUT2D eigenvalue weighted by molar-refractivity contribution is 5.98. The van der Waals surface area contributed by atoms with Gasteiger partial charge in [0.15, 0.2) is 5.78 Å². The lowest BCUT2D eigenvalue weighted by molar-refractivity contribution is 0.0991. The molecule has 3 N–H and O–H groups in total. The quantitative estimate of drug-likeness (QED) is 0.434. The van der Waals surface area contributed by atoms with Gasteiger partial charge in [0.25, 0.3) is 0 Å². The molecular formula is C12H18N2O2. The predicted molar refractivity (Wildman–Crippen MR) is 64.9 cm³/mol. The van der Waals surface area contributed by atoms with Crippen LogP contribution in [0.4, 0.5) is 5.69 Å². The number of methoxy groups -OCH3 is 1. The van der Waals surface area contributed by atoms with E-state index in [-0.39, 0.29) is 5.78 Å². The Labute approximate surface area is 95.8 Å². The normalized spacial score (nSPS) is 10.1.